The van der Waals surface area contributed by atoms with Crippen LogP contribution in [0.15, 0.2) is 111 Å². The molecule has 2 heterocycles. The minimum Gasteiger partial charge on any atom is -0.507 e. The highest BCUT2D eigenvalue weighted by atomic mass is 35.5. The number of amidine groups is 1. The molecule has 1 aromatic heterocycles. The summed E-state index contributed by atoms with van der Waals surface area (Å²) < 4.78 is 11.3. The van der Waals surface area contributed by atoms with Gasteiger partial charge in [-0.1, -0.05) is 54.1 Å². The van der Waals surface area contributed by atoms with E-state index in [2.05, 4.69) is 10.2 Å². The van der Waals surface area contributed by atoms with Crippen molar-refractivity contribution in [1.82, 2.24) is 4.90 Å². The van der Waals surface area contributed by atoms with Crippen molar-refractivity contribution in [3.8, 4) is 11.5 Å². The lowest BCUT2D eigenvalue weighted by Gasteiger charge is -2.12. The second-order valence-electron chi connectivity index (χ2n) is 8.26. The Morgan fingerprint density at radius 2 is 1.89 bits per heavy atom. The van der Waals surface area contributed by atoms with Gasteiger partial charge in [-0.15, -0.1) is 5.10 Å². The van der Waals surface area contributed by atoms with Gasteiger partial charge in [0.25, 0.3) is 5.91 Å². The highest BCUT2D eigenvalue weighted by Gasteiger charge is 2.34. The Labute approximate surface area is 228 Å². The first-order valence-electron chi connectivity index (χ1n) is 11.7. The maximum atomic E-state index is 13.2. The largest absolute Gasteiger partial charge is 0.507 e. The van der Waals surface area contributed by atoms with Crippen LogP contribution in [0.4, 0.5) is 0 Å². The molecule has 0 spiro atoms. The standard InChI is InChI=1S/C29H22ClN3O4S/c30-23-11-12-26(34)22(15-23)16-27-28(35)33(18-25-10-5-13-36-25)29(38-27)32-31-17-21-8-4-9-24(14-21)37-19-20-6-2-1-3-7-20/h1-17,34H,18-19H2/b27-16-,31-17-,32-29+. The number of furan rings is 1. The molecule has 7 nitrogen and oxygen atoms in total. The van der Waals surface area contributed by atoms with Gasteiger partial charge in [-0.2, -0.15) is 5.10 Å². The number of halogens is 1. The summed E-state index contributed by atoms with van der Waals surface area (Å²) in [7, 11) is 0. The summed E-state index contributed by atoms with van der Waals surface area (Å²) >= 11 is 7.23. The molecular formula is C29H22ClN3O4S. The van der Waals surface area contributed by atoms with Gasteiger partial charge in [0.05, 0.1) is 23.9 Å². The Balaban J connectivity index is 1.35. The molecular weight excluding hydrogens is 522 g/mol. The second-order valence-corrected chi connectivity index (χ2v) is 9.70. The van der Waals surface area contributed by atoms with Gasteiger partial charge in [0.15, 0.2) is 5.17 Å². The summed E-state index contributed by atoms with van der Waals surface area (Å²) in [6, 6.07) is 25.6. The van der Waals surface area contributed by atoms with Crippen molar-refractivity contribution in [1.29, 1.82) is 0 Å². The Kier molecular flexibility index (Phi) is 7.92. The number of rotatable bonds is 8. The molecule has 1 aliphatic rings. The normalized spacial score (nSPS) is 15.7. The predicted molar refractivity (Wildman–Crippen MR) is 150 cm³/mol. The van der Waals surface area contributed by atoms with Gasteiger partial charge in [0.2, 0.25) is 0 Å². The number of amides is 1. The quantitative estimate of drug-likeness (QED) is 0.151. The van der Waals surface area contributed by atoms with Gasteiger partial charge in [-0.05, 0) is 71.4 Å². The fourth-order valence-electron chi connectivity index (χ4n) is 3.63. The number of nitrogens with zero attached hydrogens (tertiary/aromatic N) is 3. The van der Waals surface area contributed by atoms with E-state index in [1.54, 1.807) is 42.8 Å². The molecule has 0 aliphatic carbocycles. The minimum absolute atomic E-state index is 0.0191. The molecule has 1 N–H and O–H groups in total. The molecule has 0 unspecified atom stereocenters. The van der Waals surface area contributed by atoms with Gasteiger partial charge in [0, 0.05) is 10.6 Å². The van der Waals surface area contributed by atoms with Gasteiger partial charge in [-0.3, -0.25) is 9.69 Å². The number of thioether (sulfide) groups is 1. The van der Waals surface area contributed by atoms with Crippen molar-refractivity contribution in [3.05, 3.63) is 124 Å². The number of aromatic hydroxyl groups is 1. The summed E-state index contributed by atoms with van der Waals surface area (Å²) in [6.45, 7) is 0.649. The molecule has 1 amide bonds. The Morgan fingerprint density at radius 3 is 2.71 bits per heavy atom. The molecule has 1 fully saturated rings. The van der Waals surface area contributed by atoms with Crippen molar-refractivity contribution in [3.63, 3.8) is 0 Å². The highest BCUT2D eigenvalue weighted by molar-refractivity contribution is 8.18. The molecule has 3 aromatic carbocycles. The van der Waals surface area contributed by atoms with Gasteiger partial charge in [-0.25, -0.2) is 0 Å². The van der Waals surface area contributed by atoms with E-state index in [1.807, 2.05) is 54.6 Å². The first-order valence-corrected chi connectivity index (χ1v) is 12.8. The van der Waals surface area contributed by atoms with E-state index >= 15 is 0 Å². The molecule has 190 valence electrons. The summed E-state index contributed by atoms with van der Waals surface area (Å²) in [5, 5.41) is 19.6. The van der Waals surface area contributed by atoms with E-state index in [-0.39, 0.29) is 18.2 Å². The lowest BCUT2D eigenvalue weighted by Crippen LogP contribution is -2.28. The SMILES string of the molecule is O=C1/C(=C/c2cc(Cl)ccc2O)S/C(=N/N=C\c2cccc(OCc3ccccc3)c2)N1Cc1ccco1. The monoisotopic (exact) mass is 543 g/mol. The smallest absolute Gasteiger partial charge is 0.267 e. The van der Waals surface area contributed by atoms with E-state index in [0.29, 0.717) is 38.8 Å². The van der Waals surface area contributed by atoms with Gasteiger partial charge < -0.3 is 14.3 Å². The number of carbonyl (C=O) groups excluding carboxylic acids is 1. The Morgan fingerprint density at radius 1 is 1.03 bits per heavy atom. The Bertz CT molecular complexity index is 1520. The van der Waals surface area contributed by atoms with Crippen molar-refractivity contribution in [2.24, 2.45) is 10.2 Å². The molecule has 0 bridgehead atoms. The molecule has 1 saturated heterocycles. The third-order valence-corrected chi connectivity index (χ3v) is 6.75. The number of hydrogen-bond acceptors (Lipinski definition) is 7. The summed E-state index contributed by atoms with van der Waals surface area (Å²) in [5.74, 6) is 1.05. The van der Waals surface area contributed by atoms with Crippen LogP contribution in [0.2, 0.25) is 5.02 Å². The van der Waals surface area contributed by atoms with Crippen molar-refractivity contribution in [2.75, 3.05) is 0 Å². The van der Waals surface area contributed by atoms with Gasteiger partial charge in [0.1, 0.15) is 23.9 Å². The number of benzene rings is 3. The lowest BCUT2D eigenvalue weighted by molar-refractivity contribution is -0.122. The third-order valence-electron chi connectivity index (χ3n) is 5.51. The maximum Gasteiger partial charge on any atom is 0.267 e. The van der Waals surface area contributed by atoms with Crippen LogP contribution in [-0.4, -0.2) is 27.3 Å². The fourth-order valence-corrected chi connectivity index (χ4v) is 4.74. The first kappa shape index (κ1) is 25.4. The molecule has 38 heavy (non-hydrogen) atoms. The average molecular weight is 544 g/mol. The fraction of sp³-hybridized carbons (Fsp3) is 0.0690. The van der Waals surface area contributed by atoms with Crippen LogP contribution in [0.5, 0.6) is 11.5 Å². The van der Waals surface area contributed by atoms with Gasteiger partial charge >= 0.3 is 0 Å². The number of phenolic OH excluding ortho intramolecular Hbond substituents is 1. The van der Waals surface area contributed by atoms with E-state index in [1.165, 1.54) is 11.0 Å². The van der Waals surface area contributed by atoms with Crippen LogP contribution in [0.3, 0.4) is 0 Å². The zero-order chi connectivity index (χ0) is 26.3. The average Bonchev–Trinajstić information content (AvgIpc) is 3.55. The molecule has 5 rings (SSSR count). The zero-order valence-electron chi connectivity index (χ0n) is 20.0. The lowest BCUT2D eigenvalue weighted by atomic mass is 10.2. The molecule has 4 aromatic rings. The second kappa shape index (κ2) is 11.9. The van der Waals surface area contributed by atoms with E-state index in [4.69, 9.17) is 20.8 Å². The highest BCUT2D eigenvalue weighted by Crippen LogP contribution is 2.35. The summed E-state index contributed by atoms with van der Waals surface area (Å²) in [4.78, 5) is 15.1. The minimum atomic E-state index is -0.281. The van der Waals surface area contributed by atoms with Crippen molar-refractivity contribution < 1.29 is 19.1 Å². The van der Waals surface area contributed by atoms with Crippen LogP contribution >= 0.6 is 23.4 Å². The molecule has 0 atom stereocenters. The molecule has 1 aliphatic heterocycles. The molecule has 0 saturated carbocycles. The van der Waals surface area contributed by atoms with Crippen molar-refractivity contribution >= 4 is 46.7 Å². The summed E-state index contributed by atoms with van der Waals surface area (Å²) in [6.07, 6.45) is 4.73. The number of carbonyl (C=O) groups is 1. The molecule has 0 radical (unpaired) electrons. The van der Waals surface area contributed by atoms with Crippen LogP contribution in [0.25, 0.3) is 6.08 Å². The van der Waals surface area contributed by atoms with E-state index in [9.17, 15) is 9.90 Å². The summed E-state index contributed by atoms with van der Waals surface area (Å²) in [5.41, 5.74) is 2.31. The van der Waals surface area contributed by atoms with E-state index < -0.39 is 0 Å². The van der Waals surface area contributed by atoms with Crippen LogP contribution < -0.4 is 4.74 Å². The Hall–Kier alpha value is -4.27. The van der Waals surface area contributed by atoms with Crippen LogP contribution in [0.1, 0.15) is 22.5 Å². The topological polar surface area (TPSA) is 87.6 Å². The number of phenols is 1. The number of ether oxygens (including phenoxy) is 1. The first-order chi connectivity index (χ1) is 18.5. The number of hydrogen-bond donors (Lipinski definition) is 1. The predicted octanol–water partition coefficient (Wildman–Crippen LogP) is 6.72. The maximum absolute atomic E-state index is 13.2. The van der Waals surface area contributed by atoms with Crippen molar-refractivity contribution in [2.45, 2.75) is 13.2 Å². The zero-order valence-corrected chi connectivity index (χ0v) is 21.6. The third kappa shape index (κ3) is 6.34. The van der Waals surface area contributed by atoms with Crippen LogP contribution in [0, 0.1) is 0 Å². The van der Waals surface area contributed by atoms with Crippen LogP contribution in [-0.2, 0) is 17.9 Å². The van der Waals surface area contributed by atoms with E-state index in [0.717, 1.165) is 22.9 Å². The molecule has 9 heteroatoms.